The monoisotopic (exact) mass is 262 g/mol. The van der Waals surface area contributed by atoms with Crippen LogP contribution in [0.1, 0.15) is 42.0 Å². The Bertz CT molecular complexity index is 411. The lowest BCUT2D eigenvalue weighted by molar-refractivity contribution is -0.0360. The topological polar surface area (TPSA) is 38.9 Å². The first-order valence-corrected chi connectivity index (χ1v) is 8.27. The summed E-state index contributed by atoms with van der Waals surface area (Å²) in [6.45, 7) is 0.652. The molecule has 18 heavy (non-hydrogen) atoms. The van der Waals surface area contributed by atoms with Crippen LogP contribution in [-0.2, 0) is 13.0 Å². The minimum absolute atomic E-state index is 0.652. The molecule has 1 heterocycles. The smallest absolute Gasteiger partial charge is 0.0931 e. The number of nitrogens with zero attached hydrogens (tertiary/aromatic N) is 1. The largest absolute Gasteiger partial charge is 0.326 e. The molecule has 4 saturated carbocycles. The van der Waals surface area contributed by atoms with Gasteiger partial charge in [0.1, 0.15) is 0 Å². The standard InChI is InChI=1S/C15H22N2S/c16-7-13-8-17-15(18-13)6-14-11-2-9-1-10(4-11)5-12(14)3-9/h8-12,14H,1-7,16H2. The summed E-state index contributed by atoms with van der Waals surface area (Å²) >= 11 is 1.84. The molecule has 0 radical (unpaired) electrons. The molecule has 0 spiro atoms. The molecule has 0 aliphatic heterocycles. The van der Waals surface area contributed by atoms with E-state index in [4.69, 9.17) is 5.73 Å². The molecule has 2 N–H and O–H groups in total. The highest BCUT2D eigenvalue weighted by molar-refractivity contribution is 7.11. The number of aromatic nitrogens is 1. The molecule has 0 amide bonds. The van der Waals surface area contributed by atoms with Crippen molar-refractivity contribution in [1.29, 1.82) is 0 Å². The molecule has 5 rings (SSSR count). The van der Waals surface area contributed by atoms with Crippen molar-refractivity contribution in [3.8, 4) is 0 Å². The molecular weight excluding hydrogens is 240 g/mol. The van der Waals surface area contributed by atoms with Crippen molar-refractivity contribution in [2.45, 2.75) is 45.1 Å². The Labute approximate surface area is 113 Å². The molecule has 1 aromatic heterocycles. The fourth-order valence-corrected chi connectivity index (χ4v) is 5.98. The van der Waals surface area contributed by atoms with Crippen molar-refractivity contribution in [1.82, 2.24) is 4.98 Å². The summed E-state index contributed by atoms with van der Waals surface area (Å²) in [6.07, 6.45) is 10.9. The van der Waals surface area contributed by atoms with Crippen LogP contribution in [0.25, 0.3) is 0 Å². The average Bonchev–Trinajstić information content (AvgIpc) is 2.80. The van der Waals surface area contributed by atoms with Gasteiger partial charge in [-0.25, -0.2) is 4.98 Å². The molecule has 0 atom stereocenters. The second kappa shape index (κ2) is 4.31. The van der Waals surface area contributed by atoms with Crippen LogP contribution in [0, 0.1) is 29.6 Å². The van der Waals surface area contributed by atoms with Crippen LogP contribution in [-0.4, -0.2) is 4.98 Å². The van der Waals surface area contributed by atoms with E-state index in [0.717, 1.165) is 29.6 Å². The maximum atomic E-state index is 5.68. The molecule has 0 saturated heterocycles. The zero-order valence-corrected chi connectivity index (χ0v) is 11.7. The van der Waals surface area contributed by atoms with Crippen LogP contribution in [0.5, 0.6) is 0 Å². The van der Waals surface area contributed by atoms with Gasteiger partial charge in [-0.1, -0.05) is 0 Å². The van der Waals surface area contributed by atoms with Crippen molar-refractivity contribution < 1.29 is 0 Å². The highest BCUT2D eigenvalue weighted by atomic mass is 32.1. The molecular formula is C15H22N2S. The SMILES string of the molecule is NCc1cnc(CC2C3CC4CC(C3)CC2C4)s1. The first-order valence-electron chi connectivity index (χ1n) is 7.45. The molecule has 98 valence electrons. The van der Waals surface area contributed by atoms with E-state index >= 15 is 0 Å². The fraction of sp³-hybridized carbons (Fsp3) is 0.800. The molecule has 0 aromatic carbocycles. The first-order chi connectivity index (χ1) is 8.81. The Morgan fingerprint density at radius 1 is 1.11 bits per heavy atom. The lowest BCUT2D eigenvalue weighted by Gasteiger charge is -2.54. The molecule has 4 bridgehead atoms. The molecule has 4 fully saturated rings. The van der Waals surface area contributed by atoms with Crippen LogP contribution in [0.2, 0.25) is 0 Å². The summed E-state index contributed by atoms with van der Waals surface area (Å²) in [5, 5.41) is 1.34. The molecule has 3 heteroatoms. The third-order valence-electron chi connectivity index (χ3n) is 5.63. The third-order valence-corrected chi connectivity index (χ3v) is 6.68. The van der Waals surface area contributed by atoms with Crippen LogP contribution in [0.4, 0.5) is 0 Å². The van der Waals surface area contributed by atoms with E-state index in [-0.39, 0.29) is 0 Å². The average molecular weight is 262 g/mol. The van der Waals surface area contributed by atoms with Gasteiger partial charge in [-0.2, -0.15) is 0 Å². The maximum absolute atomic E-state index is 5.68. The number of thiazole rings is 1. The third kappa shape index (κ3) is 1.83. The van der Waals surface area contributed by atoms with Gasteiger partial charge in [0.25, 0.3) is 0 Å². The highest BCUT2D eigenvalue weighted by Crippen LogP contribution is 2.57. The van der Waals surface area contributed by atoms with Crippen LogP contribution < -0.4 is 5.73 Å². The van der Waals surface area contributed by atoms with Crippen molar-refractivity contribution >= 4 is 11.3 Å². The van der Waals surface area contributed by atoms with Gasteiger partial charge in [0.05, 0.1) is 5.01 Å². The Morgan fingerprint density at radius 2 is 1.78 bits per heavy atom. The van der Waals surface area contributed by atoms with Crippen LogP contribution >= 0.6 is 11.3 Å². The van der Waals surface area contributed by atoms with Gasteiger partial charge in [-0.15, -0.1) is 11.3 Å². The Morgan fingerprint density at radius 3 is 2.33 bits per heavy atom. The number of rotatable bonds is 3. The van der Waals surface area contributed by atoms with E-state index in [1.54, 1.807) is 6.42 Å². The number of hydrogen-bond acceptors (Lipinski definition) is 3. The van der Waals surface area contributed by atoms with Crippen LogP contribution in [0.15, 0.2) is 6.20 Å². The Hall–Kier alpha value is -0.410. The zero-order valence-electron chi connectivity index (χ0n) is 10.8. The number of nitrogens with two attached hydrogens (primary N) is 1. The quantitative estimate of drug-likeness (QED) is 0.908. The lowest BCUT2D eigenvalue weighted by atomic mass is 9.51. The Balaban J connectivity index is 1.51. The Kier molecular flexibility index (Phi) is 2.73. The second-order valence-corrected chi connectivity index (χ2v) is 7.92. The predicted molar refractivity (Wildman–Crippen MR) is 74.2 cm³/mol. The van der Waals surface area contributed by atoms with Gasteiger partial charge in [0.2, 0.25) is 0 Å². The van der Waals surface area contributed by atoms with E-state index in [0.29, 0.717) is 6.54 Å². The van der Waals surface area contributed by atoms with Crippen molar-refractivity contribution in [3.05, 3.63) is 16.1 Å². The van der Waals surface area contributed by atoms with Crippen molar-refractivity contribution in [2.75, 3.05) is 0 Å². The normalized spacial score (nSPS) is 41.5. The van der Waals surface area contributed by atoms with Gasteiger partial charge in [0.15, 0.2) is 0 Å². The van der Waals surface area contributed by atoms with Crippen molar-refractivity contribution in [3.63, 3.8) is 0 Å². The molecule has 0 unspecified atom stereocenters. The predicted octanol–water partition coefficient (Wildman–Crippen LogP) is 3.22. The maximum Gasteiger partial charge on any atom is 0.0931 e. The van der Waals surface area contributed by atoms with Gasteiger partial charge >= 0.3 is 0 Å². The van der Waals surface area contributed by atoms with Crippen LogP contribution in [0.3, 0.4) is 0 Å². The summed E-state index contributed by atoms with van der Waals surface area (Å²) in [4.78, 5) is 5.82. The zero-order chi connectivity index (χ0) is 12.1. The second-order valence-electron chi connectivity index (χ2n) is 6.72. The van der Waals surface area contributed by atoms with E-state index in [2.05, 4.69) is 4.98 Å². The highest BCUT2D eigenvalue weighted by Gasteiger charge is 2.48. The lowest BCUT2D eigenvalue weighted by Crippen LogP contribution is -2.45. The van der Waals surface area contributed by atoms with Gasteiger partial charge in [-0.05, 0) is 61.7 Å². The molecule has 4 aliphatic rings. The van der Waals surface area contributed by atoms with Gasteiger partial charge in [-0.3, -0.25) is 0 Å². The summed E-state index contributed by atoms with van der Waals surface area (Å²) in [5.41, 5.74) is 5.68. The van der Waals surface area contributed by atoms with E-state index in [1.807, 2.05) is 17.5 Å². The van der Waals surface area contributed by atoms with Crippen molar-refractivity contribution in [2.24, 2.45) is 35.3 Å². The summed E-state index contributed by atoms with van der Waals surface area (Å²) in [5.74, 6) is 5.15. The fourth-order valence-electron chi connectivity index (χ4n) is 5.11. The summed E-state index contributed by atoms with van der Waals surface area (Å²) in [6, 6.07) is 0. The van der Waals surface area contributed by atoms with E-state index < -0.39 is 0 Å². The minimum atomic E-state index is 0.652. The molecule has 2 nitrogen and oxygen atoms in total. The first kappa shape index (κ1) is 11.4. The number of hydrogen-bond donors (Lipinski definition) is 1. The summed E-state index contributed by atoms with van der Waals surface area (Å²) < 4.78 is 0. The minimum Gasteiger partial charge on any atom is -0.326 e. The van der Waals surface area contributed by atoms with E-state index in [1.165, 1.54) is 42.0 Å². The molecule has 4 aliphatic carbocycles. The molecule has 1 aromatic rings. The van der Waals surface area contributed by atoms with E-state index in [9.17, 15) is 0 Å². The summed E-state index contributed by atoms with van der Waals surface area (Å²) in [7, 11) is 0. The van der Waals surface area contributed by atoms with Gasteiger partial charge < -0.3 is 5.73 Å². The van der Waals surface area contributed by atoms with Gasteiger partial charge in [0, 0.05) is 24.0 Å².